The van der Waals surface area contributed by atoms with Crippen LogP contribution in [0.2, 0.25) is 0 Å². The van der Waals surface area contributed by atoms with E-state index in [1.807, 2.05) is 0 Å². The summed E-state index contributed by atoms with van der Waals surface area (Å²) in [4.78, 5) is 19.0. The molecule has 6 nitrogen and oxygen atoms in total. The summed E-state index contributed by atoms with van der Waals surface area (Å²) in [6, 6.07) is 7.07. The smallest absolute Gasteiger partial charge is 0.433 e. The van der Waals surface area contributed by atoms with Gasteiger partial charge in [0, 0.05) is 11.6 Å². The average molecular weight is 310 g/mol. The van der Waals surface area contributed by atoms with Gasteiger partial charge in [-0.05, 0) is 24.3 Å². The Kier molecular flexibility index (Phi) is 3.12. The van der Waals surface area contributed by atoms with Gasteiger partial charge in [-0.15, -0.1) is 0 Å². The van der Waals surface area contributed by atoms with E-state index in [9.17, 15) is 18.0 Å². The summed E-state index contributed by atoms with van der Waals surface area (Å²) in [5, 5.41) is 2.62. The number of methoxy groups -OCH3 is 1. The lowest BCUT2D eigenvalue weighted by atomic mass is 10.2. The molecule has 3 aromatic rings. The highest BCUT2D eigenvalue weighted by Crippen LogP contribution is 2.27. The predicted octanol–water partition coefficient (Wildman–Crippen LogP) is 2.11. The first-order chi connectivity index (χ1) is 10.4. The van der Waals surface area contributed by atoms with Crippen LogP contribution >= 0.6 is 0 Å². The molecule has 0 saturated heterocycles. The van der Waals surface area contributed by atoms with E-state index in [4.69, 9.17) is 4.74 Å². The van der Waals surface area contributed by atoms with Crippen LogP contribution in [0.4, 0.5) is 13.2 Å². The molecule has 0 atom stereocenters. The molecule has 9 heteroatoms. The second-order valence-electron chi connectivity index (χ2n) is 4.41. The van der Waals surface area contributed by atoms with E-state index < -0.39 is 17.4 Å². The van der Waals surface area contributed by atoms with Crippen LogP contribution in [0.25, 0.3) is 17.2 Å². The van der Waals surface area contributed by atoms with Crippen LogP contribution in [0, 0.1) is 0 Å². The predicted molar refractivity (Wildman–Crippen MR) is 70.6 cm³/mol. The molecule has 22 heavy (non-hydrogen) atoms. The quantitative estimate of drug-likeness (QED) is 0.787. The number of halogens is 3. The van der Waals surface area contributed by atoms with Crippen LogP contribution in [0.15, 0.2) is 35.1 Å². The first-order valence-electron chi connectivity index (χ1n) is 6.10. The minimum atomic E-state index is -4.70. The fourth-order valence-electron chi connectivity index (χ4n) is 1.90. The Morgan fingerprint density at radius 1 is 1.18 bits per heavy atom. The average Bonchev–Trinajstić information content (AvgIpc) is 2.91. The molecule has 0 unspecified atom stereocenters. The molecule has 0 fully saturated rings. The molecular formula is C13H9F3N4O2. The number of benzene rings is 1. The third-order valence-electron chi connectivity index (χ3n) is 2.98. The number of nitrogens with zero attached hydrogens (tertiary/aromatic N) is 3. The number of hydrogen-bond acceptors (Lipinski definition) is 4. The van der Waals surface area contributed by atoms with Crippen LogP contribution in [-0.2, 0) is 6.18 Å². The zero-order chi connectivity index (χ0) is 15.9. The van der Waals surface area contributed by atoms with Crippen molar-refractivity contribution in [1.29, 1.82) is 0 Å². The molecule has 1 aromatic carbocycles. The van der Waals surface area contributed by atoms with Crippen LogP contribution in [-0.4, -0.2) is 26.7 Å². The van der Waals surface area contributed by atoms with Gasteiger partial charge in [-0.3, -0.25) is 9.89 Å². The number of fused-ring (bicyclic) bond motifs is 1. The maximum absolute atomic E-state index is 12.6. The Balaban J connectivity index is 2.13. The van der Waals surface area contributed by atoms with Crippen molar-refractivity contribution in [3.05, 3.63) is 46.4 Å². The second kappa shape index (κ2) is 4.86. The molecule has 114 valence electrons. The SMILES string of the molecule is COc1ccc(-c2nc3nc(C(F)(F)F)cc(=O)n3[nH]2)cc1. The molecule has 0 aliphatic heterocycles. The van der Waals surface area contributed by atoms with Gasteiger partial charge in [0.05, 0.1) is 7.11 Å². The third-order valence-corrected chi connectivity index (χ3v) is 2.98. The Morgan fingerprint density at radius 3 is 2.45 bits per heavy atom. The Labute approximate surface area is 121 Å². The Morgan fingerprint density at radius 2 is 1.86 bits per heavy atom. The molecule has 2 aromatic heterocycles. The zero-order valence-electron chi connectivity index (χ0n) is 11.2. The standard InChI is InChI=1S/C13H9F3N4O2/c1-22-8-4-2-7(3-5-8)11-18-12-17-9(13(14,15)16)6-10(21)20(12)19-11/h2-6H,1H3,(H,17,18,19). The highest BCUT2D eigenvalue weighted by atomic mass is 19.4. The number of ether oxygens (including phenoxy) is 1. The molecule has 3 rings (SSSR count). The summed E-state index contributed by atoms with van der Waals surface area (Å²) in [5.74, 6) is 0.506. The molecule has 0 saturated carbocycles. The zero-order valence-corrected chi connectivity index (χ0v) is 11.2. The fraction of sp³-hybridized carbons (Fsp3) is 0.154. The van der Waals surface area contributed by atoms with Crippen molar-refractivity contribution in [3.63, 3.8) is 0 Å². The van der Waals surface area contributed by atoms with Gasteiger partial charge in [-0.1, -0.05) is 0 Å². The van der Waals surface area contributed by atoms with E-state index in [-0.39, 0.29) is 11.6 Å². The molecule has 2 heterocycles. The number of alkyl halides is 3. The topological polar surface area (TPSA) is 72.3 Å². The van der Waals surface area contributed by atoms with Crippen molar-refractivity contribution in [2.45, 2.75) is 6.18 Å². The summed E-state index contributed by atoms with van der Waals surface area (Å²) in [6.07, 6.45) is -4.70. The van der Waals surface area contributed by atoms with E-state index >= 15 is 0 Å². The number of H-pyrrole nitrogens is 1. The Bertz CT molecular complexity index is 881. The lowest BCUT2D eigenvalue weighted by Gasteiger charge is -2.03. The highest BCUT2D eigenvalue weighted by molar-refractivity contribution is 5.58. The lowest BCUT2D eigenvalue weighted by Crippen LogP contribution is -2.20. The summed E-state index contributed by atoms with van der Waals surface area (Å²) in [7, 11) is 1.51. The van der Waals surface area contributed by atoms with Crippen molar-refractivity contribution >= 4 is 5.78 Å². The van der Waals surface area contributed by atoms with Gasteiger partial charge in [-0.2, -0.15) is 22.7 Å². The van der Waals surface area contributed by atoms with Crippen molar-refractivity contribution in [2.24, 2.45) is 0 Å². The minimum Gasteiger partial charge on any atom is -0.497 e. The lowest BCUT2D eigenvalue weighted by molar-refractivity contribution is -0.141. The van der Waals surface area contributed by atoms with Gasteiger partial charge in [0.2, 0.25) is 0 Å². The van der Waals surface area contributed by atoms with Crippen molar-refractivity contribution in [3.8, 4) is 17.1 Å². The van der Waals surface area contributed by atoms with Crippen LogP contribution < -0.4 is 10.3 Å². The number of aromatic amines is 1. The molecule has 0 aliphatic rings. The number of aromatic nitrogens is 4. The van der Waals surface area contributed by atoms with Gasteiger partial charge < -0.3 is 4.74 Å². The van der Waals surface area contributed by atoms with Gasteiger partial charge in [0.1, 0.15) is 5.75 Å². The third kappa shape index (κ3) is 2.41. The minimum absolute atomic E-state index is 0.228. The molecular weight excluding hydrogens is 301 g/mol. The highest BCUT2D eigenvalue weighted by Gasteiger charge is 2.34. The van der Waals surface area contributed by atoms with Gasteiger partial charge in [0.25, 0.3) is 11.3 Å². The number of hydrogen-bond donors (Lipinski definition) is 1. The van der Waals surface area contributed by atoms with Crippen LogP contribution in [0.5, 0.6) is 5.75 Å². The molecule has 0 bridgehead atoms. The molecule has 0 amide bonds. The van der Waals surface area contributed by atoms with E-state index in [1.54, 1.807) is 24.3 Å². The molecule has 0 spiro atoms. The number of nitrogens with one attached hydrogen (secondary N) is 1. The van der Waals surface area contributed by atoms with Gasteiger partial charge >= 0.3 is 6.18 Å². The van der Waals surface area contributed by atoms with Gasteiger partial charge in [-0.25, -0.2) is 4.98 Å². The van der Waals surface area contributed by atoms with Gasteiger partial charge in [0.15, 0.2) is 11.5 Å². The fourth-order valence-corrected chi connectivity index (χ4v) is 1.90. The van der Waals surface area contributed by atoms with E-state index in [1.165, 1.54) is 7.11 Å². The number of rotatable bonds is 2. The monoisotopic (exact) mass is 310 g/mol. The second-order valence-corrected chi connectivity index (χ2v) is 4.41. The first kappa shape index (κ1) is 14.1. The summed E-state index contributed by atoms with van der Waals surface area (Å²) >= 11 is 0. The summed E-state index contributed by atoms with van der Waals surface area (Å²) < 4.78 is 43.8. The Hall–Kier alpha value is -2.84. The first-order valence-corrected chi connectivity index (χ1v) is 6.10. The van der Waals surface area contributed by atoms with Crippen molar-refractivity contribution in [1.82, 2.24) is 19.6 Å². The summed E-state index contributed by atoms with van der Waals surface area (Å²) in [6.45, 7) is 0. The van der Waals surface area contributed by atoms with Crippen LogP contribution in [0.1, 0.15) is 5.69 Å². The van der Waals surface area contributed by atoms with Crippen molar-refractivity contribution < 1.29 is 17.9 Å². The largest absolute Gasteiger partial charge is 0.497 e. The normalized spacial score (nSPS) is 11.8. The molecule has 0 radical (unpaired) electrons. The van der Waals surface area contributed by atoms with Crippen molar-refractivity contribution in [2.75, 3.05) is 7.11 Å². The maximum Gasteiger partial charge on any atom is 0.433 e. The summed E-state index contributed by atoms with van der Waals surface area (Å²) in [5.41, 5.74) is -1.57. The van der Waals surface area contributed by atoms with E-state index in [0.29, 0.717) is 17.4 Å². The van der Waals surface area contributed by atoms with E-state index in [0.717, 1.165) is 4.52 Å². The van der Waals surface area contributed by atoms with E-state index in [2.05, 4.69) is 15.1 Å². The maximum atomic E-state index is 12.6. The molecule has 0 aliphatic carbocycles. The van der Waals surface area contributed by atoms with Crippen LogP contribution in [0.3, 0.4) is 0 Å². The molecule has 1 N–H and O–H groups in total.